The molecule has 2 fully saturated rings. The van der Waals surface area contributed by atoms with Crippen molar-refractivity contribution in [3.05, 3.63) is 16.6 Å². The van der Waals surface area contributed by atoms with E-state index in [0.29, 0.717) is 12.1 Å². The molecule has 1 amide bonds. The number of aryl methyl sites for hydroxylation is 2. The fraction of sp³-hybridized carbons (Fsp3) is 0.600. The first-order valence-electron chi connectivity index (χ1n) is 7.60. The van der Waals surface area contributed by atoms with Gasteiger partial charge >= 0.3 is 0 Å². The minimum atomic E-state index is 0. The van der Waals surface area contributed by atoms with Crippen LogP contribution in [-0.2, 0) is 7.05 Å². The molecule has 0 saturated carbocycles. The molecule has 0 aromatic carbocycles. The highest BCUT2D eigenvalue weighted by Crippen LogP contribution is 2.29. The van der Waals surface area contributed by atoms with Gasteiger partial charge in [0.2, 0.25) is 0 Å². The Morgan fingerprint density at radius 1 is 1.36 bits per heavy atom. The largest absolute Gasteiger partial charge is 0.336 e. The Bertz CT molecular complexity index is 675. The maximum atomic E-state index is 12.8. The third-order valence-corrected chi connectivity index (χ3v) is 5.91. The zero-order valence-electron chi connectivity index (χ0n) is 12.8. The lowest BCUT2D eigenvalue weighted by molar-refractivity contribution is 0.0753. The summed E-state index contributed by atoms with van der Waals surface area (Å²) in [5.74, 6) is 0.185. The van der Waals surface area contributed by atoms with Gasteiger partial charge in [0.15, 0.2) is 0 Å². The van der Waals surface area contributed by atoms with Crippen LogP contribution in [0.15, 0.2) is 6.07 Å². The first-order valence-corrected chi connectivity index (χ1v) is 8.42. The predicted molar refractivity (Wildman–Crippen MR) is 91.0 cm³/mol. The quantitative estimate of drug-likeness (QED) is 0.866. The first kappa shape index (κ1) is 15.8. The fourth-order valence-corrected chi connectivity index (χ4v) is 4.69. The number of aromatic nitrogens is 2. The molecular weight excluding hydrogens is 320 g/mol. The average Bonchev–Trinajstić information content (AvgIpc) is 3.07. The summed E-state index contributed by atoms with van der Waals surface area (Å²) in [4.78, 5) is 16.8. The summed E-state index contributed by atoms with van der Waals surface area (Å²) in [6.07, 6.45) is 3.54. The highest BCUT2D eigenvalue weighted by molar-refractivity contribution is 7.20. The number of nitrogens with zero attached hydrogens (tertiary/aromatic N) is 3. The molecule has 2 bridgehead atoms. The predicted octanol–water partition coefficient (Wildman–Crippen LogP) is 2.33. The molecule has 2 atom stereocenters. The number of likely N-dealkylation sites (tertiary alicyclic amines) is 1. The Morgan fingerprint density at radius 2 is 2.14 bits per heavy atom. The van der Waals surface area contributed by atoms with Crippen molar-refractivity contribution in [1.82, 2.24) is 20.0 Å². The topological polar surface area (TPSA) is 50.2 Å². The van der Waals surface area contributed by atoms with E-state index in [9.17, 15) is 4.79 Å². The van der Waals surface area contributed by atoms with Gasteiger partial charge in [-0.2, -0.15) is 5.10 Å². The van der Waals surface area contributed by atoms with E-state index in [1.807, 2.05) is 29.6 Å². The van der Waals surface area contributed by atoms with E-state index in [2.05, 4.69) is 10.4 Å². The van der Waals surface area contributed by atoms with Crippen LogP contribution < -0.4 is 5.32 Å². The van der Waals surface area contributed by atoms with Gasteiger partial charge in [-0.25, -0.2) is 0 Å². The SMILES string of the molecule is Cc1nn(C)c2sc(C(=O)N3CCC4CCC(C3)N4)cc12.Cl. The second-order valence-corrected chi connectivity index (χ2v) is 7.25. The van der Waals surface area contributed by atoms with Crippen LogP contribution >= 0.6 is 23.7 Å². The summed E-state index contributed by atoms with van der Waals surface area (Å²) in [6, 6.07) is 3.11. The molecule has 2 aliphatic rings. The molecule has 2 saturated heterocycles. The highest BCUT2D eigenvalue weighted by atomic mass is 35.5. The number of halogens is 1. The van der Waals surface area contributed by atoms with Crippen LogP contribution in [0.2, 0.25) is 0 Å². The molecule has 1 N–H and O–H groups in total. The van der Waals surface area contributed by atoms with E-state index in [1.54, 1.807) is 11.3 Å². The number of fused-ring (bicyclic) bond motifs is 3. The smallest absolute Gasteiger partial charge is 0.264 e. The molecular formula is C15H21ClN4OS. The molecule has 0 radical (unpaired) electrons. The lowest BCUT2D eigenvalue weighted by atomic mass is 10.1. The number of thiophene rings is 1. The van der Waals surface area contributed by atoms with Gasteiger partial charge in [0, 0.05) is 37.6 Å². The average molecular weight is 341 g/mol. The lowest BCUT2D eigenvalue weighted by Gasteiger charge is -2.23. The third kappa shape index (κ3) is 2.53. The number of amides is 1. The van der Waals surface area contributed by atoms with E-state index >= 15 is 0 Å². The van der Waals surface area contributed by atoms with E-state index in [4.69, 9.17) is 0 Å². The number of carbonyl (C=O) groups excluding carboxylic acids is 1. The molecule has 4 rings (SSSR count). The Morgan fingerprint density at radius 3 is 2.91 bits per heavy atom. The van der Waals surface area contributed by atoms with E-state index in [1.165, 1.54) is 12.8 Å². The van der Waals surface area contributed by atoms with Crippen molar-refractivity contribution in [3.63, 3.8) is 0 Å². The molecule has 2 aromatic heterocycles. The summed E-state index contributed by atoms with van der Waals surface area (Å²) in [5.41, 5.74) is 0.999. The first-order chi connectivity index (χ1) is 10.1. The summed E-state index contributed by atoms with van der Waals surface area (Å²) in [7, 11) is 1.94. The van der Waals surface area contributed by atoms with Gasteiger partial charge in [-0.15, -0.1) is 23.7 Å². The Hall–Kier alpha value is -1.11. The van der Waals surface area contributed by atoms with Crippen LogP contribution in [0, 0.1) is 6.92 Å². The second-order valence-electron chi connectivity index (χ2n) is 6.22. The normalized spacial score (nSPS) is 24.4. The van der Waals surface area contributed by atoms with Gasteiger partial charge in [-0.3, -0.25) is 9.48 Å². The Balaban J connectivity index is 0.00000144. The number of rotatable bonds is 1. The number of nitrogens with one attached hydrogen (secondary N) is 1. The minimum absolute atomic E-state index is 0. The van der Waals surface area contributed by atoms with Crippen molar-refractivity contribution in [1.29, 1.82) is 0 Å². The van der Waals surface area contributed by atoms with Crippen molar-refractivity contribution in [2.24, 2.45) is 7.05 Å². The van der Waals surface area contributed by atoms with Crippen LogP contribution in [0.3, 0.4) is 0 Å². The van der Waals surface area contributed by atoms with E-state index in [0.717, 1.165) is 40.3 Å². The maximum absolute atomic E-state index is 12.8. The van der Waals surface area contributed by atoms with Gasteiger partial charge in [-0.1, -0.05) is 0 Å². The summed E-state index contributed by atoms with van der Waals surface area (Å²) >= 11 is 1.56. The molecule has 7 heteroatoms. The van der Waals surface area contributed by atoms with Gasteiger partial charge in [0.1, 0.15) is 4.83 Å². The molecule has 4 heterocycles. The fourth-order valence-electron chi connectivity index (χ4n) is 3.59. The lowest BCUT2D eigenvalue weighted by Crippen LogP contribution is -2.38. The summed E-state index contributed by atoms with van der Waals surface area (Å²) in [6.45, 7) is 3.72. The monoisotopic (exact) mass is 340 g/mol. The number of hydrogen-bond donors (Lipinski definition) is 1. The third-order valence-electron chi connectivity index (χ3n) is 4.72. The van der Waals surface area contributed by atoms with Gasteiger partial charge in [-0.05, 0) is 32.3 Å². The van der Waals surface area contributed by atoms with Crippen LogP contribution in [0.4, 0.5) is 0 Å². The van der Waals surface area contributed by atoms with Crippen molar-refractivity contribution < 1.29 is 4.79 Å². The standard InChI is InChI=1S/C15H20N4OS.ClH/c1-9-12-7-13(21-15(12)18(2)17-9)14(20)19-6-5-10-3-4-11(8-19)16-10;/h7,10-11,16H,3-6,8H2,1-2H3;1H. The molecule has 2 unspecified atom stereocenters. The molecule has 0 spiro atoms. The number of hydrogen-bond acceptors (Lipinski definition) is 4. The van der Waals surface area contributed by atoms with Crippen LogP contribution in [0.1, 0.15) is 34.6 Å². The van der Waals surface area contributed by atoms with Crippen molar-refractivity contribution in [2.75, 3.05) is 13.1 Å². The van der Waals surface area contributed by atoms with Crippen molar-refractivity contribution in [3.8, 4) is 0 Å². The zero-order chi connectivity index (χ0) is 14.6. The molecule has 0 aliphatic carbocycles. The van der Waals surface area contributed by atoms with Gasteiger partial charge in [0.25, 0.3) is 5.91 Å². The highest BCUT2D eigenvalue weighted by Gasteiger charge is 2.32. The van der Waals surface area contributed by atoms with Crippen LogP contribution in [0.25, 0.3) is 10.2 Å². The van der Waals surface area contributed by atoms with E-state index in [-0.39, 0.29) is 18.3 Å². The molecule has 2 aliphatic heterocycles. The zero-order valence-corrected chi connectivity index (χ0v) is 14.5. The van der Waals surface area contributed by atoms with Crippen LogP contribution in [0.5, 0.6) is 0 Å². The maximum Gasteiger partial charge on any atom is 0.264 e. The van der Waals surface area contributed by atoms with Gasteiger partial charge in [0.05, 0.1) is 10.6 Å². The van der Waals surface area contributed by atoms with Gasteiger partial charge < -0.3 is 10.2 Å². The number of carbonyl (C=O) groups is 1. The molecule has 5 nitrogen and oxygen atoms in total. The summed E-state index contributed by atoms with van der Waals surface area (Å²) < 4.78 is 1.87. The molecule has 2 aromatic rings. The molecule has 22 heavy (non-hydrogen) atoms. The second kappa shape index (κ2) is 5.83. The van der Waals surface area contributed by atoms with Crippen LogP contribution in [-0.4, -0.2) is 45.8 Å². The van der Waals surface area contributed by atoms with E-state index < -0.39 is 0 Å². The minimum Gasteiger partial charge on any atom is -0.336 e. The van der Waals surface area contributed by atoms with Crippen molar-refractivity contribution in [2.45, 2.75) is 38.3 Å². The Labute approximate surface area is 140 Å². The Kier molecular flexibility index (Phi) is 4.18. The summed E-state index contributed by atoms with van der Waals surface area (Å²) in [5, 5.41) is 9.14. The van der Waals surface area contributed by atoms with Crippen molar-refractivity contribution >= 4 is 39.9 Å². The molecule has 120 valence electrons.